The number of ether oxygens (including phenoxy) is 1. The van der Waals surface area contributed by atoms with Crippen molar-refractivity contribution in [1.82, 2.24) is 14.9 Å². The molecule has 1 aliphatic rings. The normalized spacial score (nSPS) is 14.2. The van der Waals surface area contributed by atoms with Gasteiger partial charge in [0.25, 0.3) is 5.91 Å². The summed E-state index contributed by atoms with van der Waals surface area (Å²) in [4.78, 5) is 45.3. The van der Waals surface area contributed by atoms with E-state index in [0.717, 1.165) is 11.1 Å². The molecule has 1 fully saturated rings. The van der Waals surface area contributed by atoms with Gasteiger partial charge in [0.2, 0.25) is 0 Å². The lowest BCUT2D eigenvalue weighted by molar-refractivity contribution is -0.146. The zero-order chi connectivity index (χ0) is 23.5. The van der Waals surface area contributed by atoms with Gasteiger partial charge in [0, 0.05) is 24.2 Å². The van der Waals surface area contributed by atoms with Crippen LogP contribution in [0, 0.1) is 12.8 Å². The number of aromatic amines is 1. The fourth-order valence-corrected chi connectivity index (χ4v) is 4.04. The molecule has 0 spiro atoms. The Balaban J connectivity index is 1.52. The summed E-state index contributed by atoms with van der Waals surface area (Å²) in [6, 6.07) is 13.8. The number of methoxy groups -OCH3 is 1. The van der Waals surface area contributed by atoms with Gasteiger partial charge in [-0.15, -0.1) is 0 Å². The number of likely N-dealkylation sites (tertiary alicyclic amines) is 1. The van der Waals surface area contributed by atoms with Gasteiger partial charge in [-0.1, -0.05) is 12.1 Å². The maximum atomic E-state index is 12.9. The smallest absolute Gasteiger partial charge is 0.345 e. The number of hydrogen-bond acceptors (Lipinski definition) is 6. The number of hydrogen-bond donors (Lipinski definition) is 2. The molecule has 0 unspecified atom stereocenters. The van der Waals surface area contributed by atoms with E-state index in [2.05, 4.69) is 9.97 Å². The van der Waals surface area contributed by atoms with Crippen LogP contribution >= 0.6 is 0 Å². The van der Waals surface area contributed by atoms with Crippen LogP contribution in [0.5, 0.6) is 5.75 Å². The van der Waals surface area contributed by atoms with Crippen molar-refractivity contribution in [2.45, 2.75) is 19.8 Å². The fourth-order valence-electron chi connectivity index (χ4n) is 4.04. The summed E-state index contributed by atoms with van der Waals surface area (Å²) in [6.45, 7) is 2.79. The van der Waals surface area contributed by atoms with Crippen LogP contribution in [0.3, 0.4) is 0 Å². The van der Waals surface area contributed by atoms with Gasteiger partial charge in [0.15, 0.2) is 0 Å². The monoisotopic (exact) mass is 447 g/mol. The van der Waals surface area contributed by atoms with Crippen molar-refractivity contribution in [2.75, 3.05) is 20.2 Å². The molecule has 4 rings (SSSR count). The highest BCUT2D eigenvalue weighted by Crippen LogP contribution is 2.26. The number of H-pyrrole nitrogens is 1. The first-order valence-corrected chi connectivity index (χ1v) is 10.7. The van der Waals surface area contributed by atoms with Crippen molar-refractivity contribution in [3.05, 3.63) is 70.1 Å². The molecule has 2 aromatic carbocycles. The van der Waals surface area contributed by atoms with E-state index >= 15 is 0 Å². The summed E-state index contributed by atoms with van der Waals surface area (Å²) < 4.78 is 4.80. The van der Waals surface area contributed by atoms with E-state index in [1.807, 2.05) is 0 Å². The van der Waals surface area contributed by atoms with Crippen molar-refractivity contribution in [3.63, 3.8) is 0 Å². The van der Waals surface area contributed by atoms with Crippen LogP contribution in [0.15, 0.2) is 53.3 Å². The molecular weight excluding hydrogens is 422 g/mol. The summed E-state index contributed by atoms with van der Waals surface area (Å²) in [7, 11) is 1.38. The number of benzene rings is 2. The Kier molecular flexibility index (Phi) is 6.26. The van der Waals surface area contributed by atoms with Crippen LogP contribution in [0.1, 0.15) is 28.8 Å². The minimum Gasteiger partial charge on any atom is -0.508 e. The van der Waals surface area contributed by atoms with Crippen LogP contribution in [-0.2, 0) is 9.53 Å². The molecule has 170 valence electrons. The lowest BCUT2D eigenvalue weighted by Crippen LogP contribution is -2.40. The molecule has 2 heterocycles. The van der Waals surface area contributed by atoms with Crippen LogP contribution in [0.4, 0.5) is 0 Å². The van der Waals surface area contributed by atoms with Crippen molar-refractivity contribution in [2.24, 2.45) is 5.92 Å². The first-order valence-electron chi connectivity index (χ1n) is 10.7. The van der Waals surface area contributed by atoms with Crippen LogP contribution in [0.2, 0.25) is 0 Å². The Morgan fingerprint density at radius 3 is 2.36 bits per heavy atom. The molecule has 0 saturated carbocycles. The molecule has 0 bridgehead atoms. The van der Waals surface area contributed by atoms with Gasteiger partial charge >= 0.3 is 11.7 Å². The summed E-state index contributed by atoms with van der Waals surface area (Å²) >= 11 is 0. The highest BCUT2D eigenvalue weighted by atomic mass is 16.5. The average Bonchev–Trinajstić information content (AvgIpc) is 2.84. The maximum absolute atomic E-state index is 12.9. The molecule has 1 saturated heterocycles. The van der Waals surface area contributed by atoms with Gasteiger partial charge in [-0.2, -0.15) is 4.98 Å². The predicted octanol–water partition coefficient (Wildman–Crippen LogP) is 3.14. The third kappa shape index (κ3) is 4.79. The standard InChI is InChI=1S/C25H25N3O5/c1-15-13-19(7-8-22(15)29)21-14-20(26-25(32)27-21)16-3-5-17(6-4-16)23(30)28-11-9-18(10-12-28)24(31)33-2/h3-8,13-14,18,29H,9-12H2,1-2H3,(H,26,27,32). The number of esters is 1. The van der Waals surface area contributed by atoms with Gasteiger partial charge < -0.3 is 19.7 Å². The van der Waals surface area contributed by atoms with Crippen molar-refractivity contribution in [3.8, 4) is 28.3 Å². The van der Waals surface area contributed by atoms with Gasteiger partial charge in [0.05, 0.1) is 24.4 Å². The molecule has 1 amide bonds. The highest BCUT2D eigenvalue weighted by Gasteiger charge is 2.28. The second kappa shape index (κ2) is 9.28. The Bertz CT molecular complexity index is 1240. The van der Waals surface area contributed by atoms with E-state index < -0.39 is 5.69 Å². The molecule has 1 aromatic heterocycles. The number of rotatable bonds is 4. The Hall–Kier alpha value is -3.94. The molecule has 8 heteroatoms. The zero-order valence-corrected chi connectivity index (χ0v) is 18.5. The van der Waals surface area contributed by atoms with Crippen LogP contribution in [0.25, 0.3) is 22.5 Å². The second-order valence-electron chi connectivity index (χ2n) is 8.15. The lowest BCUT2D eigenvalue weighted by Gasteiger charge is -2.30. The highest BCUT2D eigenvalue weighted by molar-refractivity contribution is 5.95. The first-order chi connectivity index (χ1) is 15.9. The predicted molar refractivity (Wildman–Crippen MR) is 123 cm³/mol. The van der Waals surface area contributed by atoms with Gasteiger partial charge in [-0.3, -0.25) is 9.59 Å². The van der Waals surface area contributed by atoms with E-state index in [4.69, 9.17) is 4.74 Å². The minimum absolute atomic E-state index is 0.0895. The van der Waals surface area contributed by atoms with Crippen molar-refractivity contribution in [1.29, 1.82) is 0 Å². The van der Waals surface area contributed by atoms with E-state index in [0.29, 0.717) is 48.4 Å². The maximum Gasteiger partial charge on any atom is 0.345 e. The number of aromatic hydroxyl groups is 1. The first kappa shape index (κ1) is 22.3. The minimum atomic E-state index is -0.484. The van der Waals surface area contributed by atoms with Crippen LogP contribution < -0.4 is 5.69 Å². The molecule has 0 radical (unpaired) electrons. The van der Waals surface area contributed by atoms with Gasteiger partial charge in [-0.25, -0.2) is 4.79 Å². The molecule has 33 heavy (non-hydrogen) atoms. The third-order valence-electron chi connectivity index (χ3n) is 6.00. The van der Waals surface area contributed by atoms with E-state index in [-0.39, 0.29) is 23.5 Å². The molecule has 2 N–H and O–H groups in total. The summed E-state index contributed by atoms with van der Waals surface area (Å²) in [5, 5.41) is 9.75. The quantitative estimate of drug-likeness (QED) is 0.594. The van der Waals surface area contributed by atoms with Crippen molar-refractivity contribution >= 4 is 11.9 Å². The fraction of sp³-hybridized carbons (Fsp3) is 0.280. The number of piperidine rings is 1. The molecular formula is C25H25N3O5. The number of phenols is 1. The Morgan fingerprint density at radius 1 is 1.06 bits per heavy atom. The summed E-state index contributed by atoms with van der Waals surface area (Å²) in [6.07, 6.45) is 1.18. The van der Waals surface area contributed by atoms with Crippen molar-refractivity contribution < 1.29 is 19.4 Å². The molecule has 8 nitrogen and oxygen atoms in total. The number of amides is 1. The number of aromatic nitrogens is 2. The average molecular weight is 447 g/mol. The molecule has 3 aromatic rings. The Morgan fingerprint density at radius 2 is 1.73 bits per heavy atom. The number of phenolic OH excluding ortho intramolecular Hbond substituents is 1. The van der Waals surface area contributed by atoms with E-state index in [1.54, 1.807) is 60.4 Å². The van der Waals surface area contributed by atoms with Gasteiger partial charge in [0.1, 0.15) is 5.75 Å². The summed E-state index contributed by atoms with van der Waals surface area (Å²) in [5.74, 6) is -0.289. The van der Waals surface area contributed by atoms with E-state index in [1.165, 1.54) is 7.11 Å². The molecule has 0 atom stereocenters. The number of nitrogens with zero attached hydrogens (tertiary/aromatic N) is 2. The number of carbonyl (C=O) groups is 2. The molecule has 1 aliphatic heterocycles. The topological polar surface area (TPSA) is 113 Å². The zero-order valence-electron chi connectivity index (χ0n) is 18.5. The van der Waals surface area contributed by atoms with Crippen LogP contribution in [-0.4, -0.2) is 52.1 Å². The second-order valence-corrected chi connectivity index (χ2v) is 8.15. The number of nitrogens with one attached hydrogen (secondary N) is 1. The number of aryl methyl sites for hydroxylation is 1. The Labute approximate surface area is 190 Å². The number of carbonyl (C=O) groups excluding carboxylic acids is 2. The molecule has 0 aliphatic carbocycles. The van der Waals surface area contributed by atoms with Gasteiger partial charge in [-0.05, 0) is 67.3 Å². The summed E-state index contributed by atoms with van der Waals surface area (Å²) in [5.41, 5.74) is 3.28. The third-order valence-corrected chi connectivity index (χ3v) is 6.00. The largest absolute Gasteiger partial charge is 0.508 e. The SMILES string of the molecule is COC(=O)C1CCN(C(=O)c2ccc(-c3cc(-c4ccc(O)c(C)c4)nc(=O)[nH]3)cc2)CC1. The van der Waals surface area contributed by atoms with E-state index in [9.17, 15) is 19.5 Å². The lowest BCUT2D eigenvalue weighted by atomic mass is 9.96.